The van der Waals surface area contributed by atoms with Gasteiger partial charge in [-0.2, -0.15) is 0 Å². The van der Waals surface area contributed by atoms with Crippen LogP contribution in [0.25, 0.3) is 0 Å². The number of hydrogen-bond donors (Lipinski definition) is 2. The van der Waals surface area contributed by atoms with E-state index in [0.29, 0.717) is 17.5 Å². The minimum absolute atomic E-state index is 0.191. The van der Waals surface area contributed by atoms with Crippen molar-refractivity contribution in [2.24, 2.45) is 0 Å². The molecule has 20 heavy (non-hydrogen) atoms. The van der Waals surface area contributed by atoms with E-state index in [2.05, 4.69) is 5.32 Å². The van der Waals surface area contributed by atoms with Crippen LogP contribution in [0.4, 0.5) is 0 Å². The SMILES string of the molecule is CCC(O)(c1ccccc1)c1ccccc1C(=O)NC. The molecule has 0 saturated carbocycles. The van der Waals surface area contributed by atoms with E-state index in [4.69, 9.17) is 0 Å². The quantitative estimate of drug-likeness (QED) is 0.896. The number of nitrogens with one attached hydrogen (secondary N) is 1. The first-order valence-corrected chi connectivity index (χ1v) is 6.73. The van der Waals surface area contributed by atoms with Crippen LogP contribution in [-0.4, -0.2) is 18.1 Å². The van der Waals surface area contributed by atoms with E-state index in [1.165, 1.54) is 0 Å². The Bertz CT molecular complexity index is 595. The average molecular weight is 269 g/mol. The van der Waals surface area contributed by atoms with E-state index in [-0.39, 0.29) is 5.91 Å². The van der Waals surface area contributed by atoms with Gasteiger partial charge in [-0.1, -0.05) is 55.5 Å². The van der Waals surface area contributed by atoms with Crippen molar-refractivity contribution in [3.8, 4) is 0 Å². The second-order valence-corrected chi connectivity index (χ2v) is 4.70. The molecule has 3 nitrogen and oxygen atoms in total. The first-order valence-electron chi connectivity index (χ1n) is 6.73. The summed E-state index contributed by atoms with van der Waals surface area (Å²) in [6.07, 6.45) is 0.491. The lowest BCUT2D eigenvalue weighted by molar-refractivity contribution is 0.0733. The molecule has 0 aromatic heterocycles. The third kappa shape index (κ3) is 2.45. The molecule has 0 aliphatic rings. The lowest BCUT2D eigenvalue weighted by Gasteiger charge is -2.29. The number of carbonyl (C=O) groups excluding carboxylic acids is 1. The molecule has 0 bridgehead atoms. The van der Waals surface area contributed by atoms with Gasteiger partial charge in [-0.05, 0) is 18.1 Å². The Morgan fingerprint density at radius 3 is 2.30 bits per heavy atom. The molecule has 2 N–H and O–H groups in total. The van der Waals surface area contributed by atoms with Crippen molar-refractivity contribution in [1.29, 1.82) is 0 Å². The van der Waals surface area contributed by atoms with Crippen LogP contribution in [0.5, 0.6) is 0 Å². The van der Waals surface area contributed by atoms with Crippen LogP contribution in [-0.2, 0) is 5.60 Å². The predicted octanol–water partition coefficient (Wildman–Crippen LogP) is 2.69. The summed E-state index contributed by atoms with van der Waals surface area (Å²) in [6, 6.07) is 16.6. The Labute approximate surface area is 119 Å². The molecule has 0 heterocycles. The molecule has 0 aliphatic carbocycles. The van der Waals surface area contributed by atoms with Crippen LogP contribution >= 0.6 is 0 Å². The van der Waals surface area contributed by atoms with Crippen molar-refractivity contribution in [2.75, 3.05) is 7.05 Å². The number of amides is 1. The zero-order valence-corrected chi connectivity index (χ0v) is 11.8. The highest BCUT2D eigenvalue weighted by Crippen LogP contribution is 2.34. The fourth-order valence-corrected chi connectivity index (χ4v) is 2.44. The van der Waals surface area contributed by atoms with Gasteiger partial charge in [0.1, 0.15) is 5.60 Å². The number of aliphatic hydroxyl groups is 1. The minimum Gasteiger partial charge on any atom is -0.380 e. The van der Waals surface area contributed by atoms with Gasteiger partial charge >= 0.3 is 0 Å². The molecule has 0 fully saturated rings. The van der Waals surface area contributed by atoms with Crippen molar-refractivity contribution in [3.63, 3.8) is 0 Å². The zero-order chi connectivity index (χ0) is 14.6. The summed E-state index contributed by atoms with van der Waals surface area (Å²) in [5.74, 6) is -0.191. The molecule has 2 rings (SSSR count). The third-order valence-corrected chi connectivity index (χ3v) is 3.61. The molecule has 0 spiro atoms. The van der Waals surface area contributed by atoms with Crippen molar-refractivity contribution in [2.45, 2.75) is 18.9 Å². The Balaban J connectivity index is 2.61. The third-order valence-electron chi connectivity index (χ3n) is 3.61. The number of carbonyl (C=O) groups is 1. The molecule has 0 radical (unpaired) electrons. The topological polar surface area (TPSA) is 49.3 Å². The Morgan fingerprint density at radius 1 is 1.10 bits per heavy atom. The van der Waals surface area contributed by atoms with E-state index in [0.717, 1.165) is 5.56 Å². The molecule has 3 heteroatoms. The van der Waals surface area contributed by atoms with Gasteiger partial charge in [-0.3, -0.25) is 4.79 Å². The summed E-state index contributed by atoms with van der Waals surface area (Å²) in [5, 5.41) is 13.7. The van der Waals surface area contributed by atoms with Crippen LogP contribution in [0.1, 0.15) is 34.8 Å². The molecule has 1 amide bonds. The molecule has 2 aromatic carbocycles. The van der Waals surface area contributed by atoms with E-state index < -0.39 is 5.60 Å². The van der Waals surface area contributed by atoms with Gasteiger partial charge < -0.3 is 10.4 Å². The smallest absolute Gasteiger partial charge is 0.251 e. The van der Waals surface area contributed by atoms with Gasteiger partial charge in [0, 0.05) is 18.2 Å². The summed E-state index contributed by atoms with van der Waals surface area (Å²) in [5.41, 5.74) is 0.764. The van der Waals surface area contributed by atoms with Crippen molar-refractivity contribution in [1.82, 2.24) is 5.32 Å². The largest absolute Gasteiger partial charge is 0.380 e. The summed E-state index contributed by atoms with van der Waals surface area (Å²) in [4.78, 5) is 12.0. The highest BCUT2D eigenvalue weighted by molar-refractivity contribution is 5.96. The fourth-order valence-electron chi connectivity index (χ4n) is 2.44. The van der Waals surface area contributed by atoms with Gasteiger partial charge in [0.05, 0.1) is 0 Å². The molecular formula is C17H19NO2. The standard InChI is InChI=1S/C17H19NO2/c1-3-17(20,13-9-5-4-6-10-13)15-12-8-7-11-14(15)16(19)18-2/h4-12,20H,3H2,1-2H3,(H,18,19). The van der Waals surface area contributed by atoms with Gasteiger partial charge in [0.25, 0.3) is 5.91 Å². The molecule has 0 saturated heterocycles. The predicted molar refractivity (Wildman–Crippen MR) is 79.6 cm³/mol. The maximum atomic E-state index is 12.0. The Hall–Kier alpha value is -2.13. The van der Waals surface area contributed by atoms with Crippen LogP contribution in [0.3, 0.4) is 0 Å². The maximum absolute atomic E-state index is 12.0. The van der Waals surface area contributed by atoms with Crippen LogP contribution < -0.4 is 5.32 Å². The highest BCUT2D eigenvalue weighted by atomic mass is 16.3. The van der Waals surface area contributed by atoms with Gasteiger partial charge in [-0.25, -0.2) is 0 Å². The summed E-state index contributed by atoms with van der Waals surface area (Å²) >= 11 is 0. The average Bonchev–Trinajstić information content (AvgIpc) is 2.54. The molecular weight excluding hydrogens is 250 g/mol. The minimum atomic E-state index is -1.16. The molecule has 1 unspecified atom stereocenters. The first kappa shape index (κ1) is 14.3. The van der Waals surface area contributed by atoms with Crippen LogP contribution in [0.2, 0.25) is 0 Å². The fraction of sp³-hybridized carbons (Fsp3) is 0.235. The maximum Gasteiger partial charge on any atom is 0.251 e. The van der Waals surface area contributed by atoms with Gasteiger partial charge in [-0.15, -0.1) is 0 Å². The summed E-state index contributed by atoms with van der Waals surface area (Å²) in [7, 11) is 1.59. The summed E-state index contributed by atoms with van der Waals surface area (Å²) < 4.78 is 0. The van der Waals surface area contributed by atoms with Crippen molar-refractivity contribution >= 4 is 5.91 Å². The monoisotopic (exact) mass is 269 g/mol. The van der Waals surface area contributed by atoms with Crippen LogP contribution in [0, 0.1) is 0 Å². The van der Waals surface area contributed by atoms with Crippen molar-refractivity contribution in [3.05, 3.63) is 71.3 Å². The zero-order valence-electron chi connectivity index (χ0n) is 11.8. The van der Waals surface area contributed by atoms with Crippen LogP contribution in [0.15, 0.2) is 54.6 Å². The molecule has 2 aromatic rings. The molecule has 1 atom stereocenters. The van der Waals surface area contributed by atoms with E-state index >= 15 is 0 Å². The normalized spacial score (nSPS) is 13.6. The number of hydrogen-bond acceptors (Lipinski definition) is 2. The van der Waals surface area contributed by atoms with E-state index in [9.17, 15) is 9.90 Å². The van der Waals surface area contributed by atoms with Gasteiger partial charge in [0.2, 0.25) is 0 Å². The highest BCUT2D eigenvalue weighted by Gasteiger charge is 2.32. The lowest BCUT2D eigenvalue weighted by Crippen LogP contribution is -2.31. The second kappa shape index (κ2) is 5.88. The molecule has 104 valence electrons. The molecule has 0 aliphatic heterocycles. The number of rotatable bonds is 4. The van der Waals surface area contributed by atoms with Gasteiger partial charge in [0.15, 0.2) is 0 Å². The Morgan fingerprint density at radius 2 is 1.70 bits per heavy atom. The Kier molecular flexibility index (Phi) is 4.20. The van der Waals surface area contributed by atoms with Crippen molar-refractivity contribution < 1.29 is 9.90 Å². The van der Waals surface area contributed by atoms with E-state index in [1.807, 2.05) is 43.3 Å². The lowest BCUT2D eigenvalue weighted by atomic mass is 9.81. The second-order valence-electron chi connectivity index (χ2n) is 4.70. The van der Waals surface area contributed by atoms with E-state index in [1.54, 1.807) is 25.2 Å². The number of benzene rings is 2. The first-order chi connectivity index (χ1) is 9.63. The summed E-state index contributed by atoms with van der Waals surface area (Å²) in [6.45, 7) is 1.91.